The van der Waals surface area contributed by atoms with E-state index in [9.17, 15) is 0 Å². The third kappa shape index (κ3) is 4.74. The molecule has 32 heavy (non-hydrogen) atoms. The summed E-state index contributed by atoms with van der Waals surface area (Å²) in [6.45, 7) is 2.33. The largest absolute Gasteiger partial charge is 0.495 e. The van der Waals surface area contributed by atoms with E-state index < -0.39 is 0 Å². The van der Waals surface area contributed by atoms with E-state index in [-0.39, 0.29) is 0 Å². The fourth-order valence-electron chi connectivity index (χ4n) is 4.45. The van der Waals surface area contributed by atoms with Crippen LogP contribution in [0, 0.1) is 5.92 Å². The van der Waals surface area contributed by atoms with E-state index in [2.05, 4.69) is 17.2 Å². The van der Waals surface area contributed by atoms with Gasteiger partial charge in [-0.2, -0.15) is 0 Å². The summed E-state index contributed by atoms with van der Waals surface area (Å²) >= 11 is 13.2. The maximum atomic E-state index is 6.59. The third-order valence-corrected chi connectivity index (χ3v) is 7.12. The number of hydrogen-bond donors (Lipinski definition) is 1. The van der Waals surface area contributed by atoms with Crippen molar-refractivity contribution in [2.24, 2.45) is 5.92 Å². The van der Waals surface area contributed by atoms with E-state index in [0.29, 0.717) is 45.0 Å². The Morgan fingerprint density at radius 3 is 2.31 bits per heavy atom. The van der Waals surface area contributed by atoms with Crippen molar-refractivity contribution < 1.29 is 9.47 Å². The van der Waals surface area contributed by atoms with Gasteiger partial charge < -0.3 is 14.8 Å². The van der Waals surface area contributed by atoms with Crippen molar-refractivity contribution in [2.75, 3.05) is 19.5 Å². The second-order valence-corrected chi connectivity index (χ2v) is 9.23. The van der Waals surface area contributed by atoms with Crippen LogP contribution in [0.5, 0.6) is 11.5 Å². The van der Waals surface area contributed by atoms with Gasteiger partial charge in [0.1, 0.15) is 11.5 Å². The summed E-state index contributed by atoms with van der Waals surface area (Å²) in [5.74, 6) is 2.31. The average molecular weight is 474 g/mol. The Labute approximate surface area is 199 Å². The van der Waals surface area contributed by atoms with Gasteiger partial charge in [0, 0.05) is 29.3 Å². The van der Waals surface area contributed by atoms with Crippen LogP contribution in [0.1, 0.15) is 45.4 Å². The summed E-state index contributed by atoms with van der Waals surface area (Å²) in [5, 5.41) is 5.38. The first-order valence-corrected chi connectivity index (χ1v) is 11.9. The van der Waals surface area contributed by atoms with Gasteiger partial charge in [0.15, 0.2) is 0 Å². The molecule has 0 radical (unpaired) electrons. The first-order chi connectivity index (χ1) is 15.5. The minimum absolute atomic E-state index is 0.411. The molecule has 7 heteroatoms. The Bertz CT molecular complexity index is 1080. The van der Waals surface area contributed by atoms with Gasteiger partial charge in [-0.1, -0.05) is 61.9 Å². The van der Waals surface area contributed by atoms with E-state index >= 15 is 0 Å². The number of nitrogens with one attached hydrogen (secondary N) is 1. The summed E-state index contributed by atoms with van der Waals surface area (Å²) in [7, 11) is 3.13. The Kier molecular flexibility index (Phi) is 7.27. The number of ether oxygens (including phenoxy) is 2. The molecule has 4 rings (SSSR count). The first-order valence-electron chi connectivity index (χ1n) is 11.2. The molecule has 0 spiro atoms. The molecule has 1 fully saturated rings. The lowest BCUT2D eigenvalue weighted by Gasteiger charge is -2.27. The minimum Gasteiger partial charge on any atom is -0.495 e. The molecule has 170 valence electrons. The highest BCUT2D eigenvalue weighted by atomic mass is 35.5. The molecule has 0 bridgehead atoms. The van der Waals surface area contributed by atoms with Crippen molar-refractivity contribution in [3.8, 4) is 22.6 Å². The number of aromatic nitrogens is 2. The Morgan fingerprint density at radius 2 is 1.62 bits per heavy atom. The zero-order valence-electron chi connectivity index (χ0n) is 18.8. The molecule has 2 atom stereocenters. The smallest absolute Gasteiger partial charge is 0.223 e. The lowest BCUT2D eigenvalue weighted by Crippen LogP contribution is -2.29. The minimum atomic E-state index is 0.411. The maximum absolute atomic E-state index is 6.59. The fraction of sp³-hybridized carbons (Fsp3) is 0.440. The zero-order chi connectivity index (χ0) is 22.7. The van der Waals surface area contributed by atoms with Crippen LogP contribution in [-0.2, 0) is 0 Å². The summed E-state index contributed by atoms with van der Waals surface area (Å²) < 4.78 is 10.8. The Balaban J connectivity index is 1.65. The van der Waals surface area contributed by atoms with Gasteiger partial charge in [-0.05, 0) is 36.5 Å². The molecule has 2 aromatic carbocycles. The molecule has 0 aliphatic heterocycles. The van der Waals surface area contributed by atoms with Gasteiger partial charge in [0.25, 0.3) is 0 Å². The van der Waals surface area contributed by atoms with Crippen LogP contribution in [0.2, 0.25) is 10.0 Å². The van der Waals surface area contributed by atoms with Gasteiger partial charge in [0.05, 0.1) is 29.8 Å². The van der Waals surface area contributed by atoms with Crippen LogP contribution >= 0.6 is 23.2 Å². The summed E-state index contributed by atoms with van der Waals surface area (Å²) in [6.07, 6.45) is 9.48. The molecule has 1 saturated carbocycles. The number of halogens is 2. The second-order valence-electron chi connectivity index (χ2n) is 8.47. The molecular formula is C25H29Cl2N3O2. The summed E-state index contributed by atoms with van der Waals surface area (Å²) in [6, 6.07) is 8.02. The number of benzene rings is 2. The molecule has 1 aliphatic carbocycles. The highest BCUT2D eigenvalue weighted by Crippen LogP contribution is 2.46. The van der Waals surface area contributed by atoms with Gasteiger partial charge in [0.2, 0.25) is 5.95 Å². The predicted octanol–water partition coefficient (Wildman–Crippen LogP) is 7.39. The average Bonchev–Trinajstić information content (AvgIpc) is 2.79. The van der Waals surface area contributed by atoms with Crippen LogP contribution < -0.4 is 14.8 Å². The van der Waals surface area contributed by atoms with Crippen molar-refractivity contribution in [1.29, 1.82) is 0 Å². The topological polar surface area (TPSA) is 56.3 Å². The highest BCUT2D eigenvalue weighted by molar-refractivity contribution is 6.41. The quantitative estimate of drug-likeness (QED) is 0.418. The van der Waals surface area contributed by atoms with Crippen LogP contribution in [0.3, 0.4) is 0 Å². The van der Waals surface area contributed by atoms with E-state index in [1.807, 2.05) is 24.4 Å². The van der Waals surface area contributed by atoms with E-state index in [0.717, 1.165) is 22.9 Å². The molecule has 1 aliphatic rings. The summed E-state index contributed by atoms with van der Waals surface area (Å²) in [5.41, 5.74) is 2.38. The Hall–Kier alpha value is -2.24. The number of rotatable bonds is 5. The maximum Gasteiger partial charge on any atom is 0.223 e. The molecule has 1 N–H and O–H groups in total. The molecule has 1 heterocycles. The number of hydrogen-bond acceptors (Lipinski definition) is 5. The van der Waals surface area contributed by atoms with Gasteiger partial charge in [-0.25, -0.2) is 9.97 Å². The molecule has 5 nitrogen and oxygen atoms in total. The van der Waals surface area contributed by atoms with E-state index in [4.69, 9.17) is 37.7 Å². The molecule has 0 amide bonds. The van der Waals surface area contributed by atoms with Crippen molar-refractivity contribution >= 4 is 40.1 Å². The molecule has 0 saturated heterocycles. The monoisotopic (exact) mass is 473 g/mol. The number of nitrogens with zero attached hydrogens (tertiary/aromatic N) is 2. The Morgan fingerprint density at radius 1 is 0.938 bits per heavy atom. The molecular weight excluding hydrogens is 445 g/mol. The summed E-state index contributed by atoms with van der Waals surface area (Å²) in [4.78, 5) is 9.37. The zero-order valence-corrected chi connectivity index (χ0v) is 20.3. The van der Waals surface area contributed by atoms with E-state index in [1.54, 1.807) is 20.3 Å². The van der Waals surface area contributed by atoms with Gasteiger partial charge >= 0.3 is 0 Å². The second kappa shape index (κ2) is 10.1. The molecule has 1 unspecified atom stereocenters. The normalized spacial score (nSPS) is 19.3. The van der Waals surface area contributed by atoms with E-state index in [1.165, 1.54) is 32.1 Å². The lowest BCUT2D eigenvalue weighted by atomic mass is 9.88. The van der Waals surface area contributed by atoms with Crippen LogP contribution in [0.15, 0.2) is 30.5 Å². The van der Waals surface area contributed by atoms with Crippen molar-refractivity contribution in [2.45, 2.75) is 51.5 Å². The standard InChI is InChI=1S/C25H29Cl2N3O2/c1-15-8-6-4-5-7-9-18(15)29-25-28-14-17-12-16(10-11-19(17)30-25)22-23(26)20(31-2)13-21(32-3)24(22)27/h10-15,18H,4-9H2,1-3H3,(H,28,29,30)/t15-,18?/m1/s1. The highest BCUT2D eigenvalue weighted by Gasteiger charge is 2.21. The van der Waals surface area contributed by atoms with Crippen LogP contribution in [-0.4, -0.2) is 30.2 Å². The van der Waals surface area contributed by atoms with Crippen LogP contribution in [0.4, 0.5) is 5.95 Å². The van der Waals surface area contributed by atoms with Crippen LogP contribution in [0.25, 0.3) is 22.0 Å². The molecule has 3 aromatic rings. The van der Waals surface area contributed by atoms with Gasteiger partial charge in [-0.15, -0.1) is 0 Å². The lowest BCUT2D eigenvalue weighted by molar-refractivity contribution is 0.369. The fourth-order valence-corrected chi connectivity index (χ4v) is 5.17. The van der Waals surface area contributed by atoms with Gasteiger partial charge in [-0.3, -0.25) is 0 Å². The van der Waals surface area contributed by atoms with Crippen molar-refractivity contribution in [3.63, 3.8) is 0 Å². The SMILES string of the molecule is COc1cc(OC)c(Cl)c(-c2ccc3nc(NC4CCCCCC[C@H]4C)ncc3c2)c1Cl. The van der Waals surface area contributed by atoms with Crippen molar-refractivity contribution in [1.82, 2.24) is 9.97 Å². The number of methoxy groups -OCH3 is 2. The predicted molar refractivity (Wildman–Crippen MR) is 132 cm³/mol. The first kappa shape index (κ1) is 22.9. The third-order valence-electron chi connectivity index (χ3n) is 6.37. The molecule has 1 aromatic heterocycles. The van der Waals surface area contributed by atoms with Crippen molar-refractivity contribution in [3.05, 3.63) is 40.5 Å². The number of anilines is 1. The number of fused-ring (bicyclic) bond motifs is 1.